The molecule has 1 saturated heterocycles. The van der Waals surface area contributed by atoms with Crippen molar-refractivity contribution in [3.05, 3.63) is 39.9 Å². The molecule has 1 aliphatic rings. The lowest BCUT2D eigenvalue weighted by atomic mass is 9.90. The highest BCUT2D eigenvalue weighted by atomic mass is 35.5. The number of carbonyl (C=O) groups is 1. The van der Waals surface area contributed by atoms with E-state index in [9.17, 15) is 4.79 Å². The van der Waals surface area contributed by atoms with Crippen LogP contribution >= 0.6 is 22.9 Å². The second-order valence-corrected chi connectivity index (χ2v) is 7.43. The van der Waals surface area contributed by atoms with Gasteiger partial charge in [-0.05, 0) is 42.9 Å². The molecule has 3 rings (SSSR count). The van der Waals surface area contributed by atoms with E-state index in [4.69, 9.17) is 21.1 Å². The Kier molecular flexibility index (Phi) is 5.81. The number of thiazole rings is 1. The third kappa shape index (κ3) is 4.25. The third-order valence-corrected chi connectivity index (χ3v) is 5.97. The molecule has 0 saturated carbocycles. The van der Waals surface area contributed by atoms with Crippen molar-refractivity contribution in [3.63, 3.8) is 0 Å². The first-order chi connectivity index (χ1) is 12.1. The molecule has 1 fully saturated rings. The summed E-state index contributed by atoms with van der Waals surface area (Å²) in [7, 11) is 3.04. The van der Waals surface area contributed by atoms with Crippen LogP contribution in [0.2, 0.25) is 5.15 Å². The van der Waals surface area contributed by atoms with Crippen LogP contribution in [0.15, 0.2) is 24.3 Å². The van der Waals surface area contributed by atoms with E-state index < -0.39 is 5.97 Å². The Bertz CT molecular complexity index is 742. The van der Waals surface area contributed by atoms with Gasteiger partial charge in [-0.2, -0.15) is 0 Å². The fourth-order valence-electron chi connectivity index (χ4n) is 3.11. The van der Waals surface area contributed by atoms with Gasteiger partial charge in [0.2, 0.25) is 0 Å². The predicted molar refractivity (Wildman–Crippen MR) is 100 cm³/mol. The number of esters is 1. The largest absolute Gasteiger partial charge is 0.497 e. The standard InChI is InChI=1S/C18H21ClN2O3S/c1-23-14-5-3-4-13(11-14)10-12-6-8-21(9-7-12)18-20-16(19)15(25-18)17(22)24-2/h3-5,11-12H,6-10H2,1-2H3. The number of rotatable bonds is 5. The van der Waals surface area contributed by atoms with Crippen LogP contribution in [0.1, 0.15) is 28.1 Å². The predicted octanol–water partition coefficient (Wildman–Crippen LogP) is 4.05. The summed E-state index contributed by atoms with van der Waals surface area (Å²) in [6.45, 7) is 1.83. The Hall–Kier alpha value is -1.79. The van der Waals surface area contributed by atoms with Crippen molar-refractivity contribution in [2.45, 2.75) is 19.3 Å². The van der Waals surface area contributed by atoms with Gasteiger partial charge < -0.3 is 14.4 Å². The summed E-state index contributed by atoms with van der Waals surface area (Å²) < 4.78 is 10.0. The highest BCUT2D eigenvalue weighted by molar-refractivity contribution is 7.18. The van der Waals surface area contributed by atoms with E-state index in [2.05, 4.69) is 22.0 Å². The minimum absolute atomic E-state index is 0.227. The molecule has 0 unspecified atom stereocenters. The molecule has 0 radical (unpaired) electrons. The molecule has 0 aliphatic carbocycles. The first kappa shape index (κ1) is 18.0. The third-order valence-electron chi connectivity index (χ3n) is 4.49. The van der Waals surface area contributed by atoms with Gasteiger partial charge in [-0.1, -0.05) is 35.1 Å². The van der Waals surface area contributed by atoms with Crippen LogP contribution in [0.4, 0.5) is 5.13 Å². The van der Waals surface area contributed by atoms with Gasteiger partial charge in [-0.25, -0.2) is 9.78 Å². The van der Waals surface area contributed by atoms with Crippen LogP contribution in [-0.2, 0) is 11.2 Å². The number of aromatic nitrogens is 1. The summed E-state index contributed by atoms with van der Waals surface area (Å²) in [6, 6.07) is 8.26. The van der Waals surface area contributed by atoms with Gasteiger partial charge in [0.1, 0.15) is 5.75 Å². The lowest BCUT2D eigenvalue weighted by Gasteiger charge is -2.31. The Morgan fingerprint density at radius 3 is 2.80 bits per heavy atom. The second kappa shape index (κ2) is 8.06. The van der Waals surface area contributed by atoms with E-state index in [0.29, 0.717) is 10.8 Å². The first-order valence-corrected chi connectivity index (χ1v) is 9.42. The molecule has 1 aromatic carbocycles. The number of anilines is 1. The van der Waals surface area contributed by atoms with E-state index in [1.165, 1.54) is 24.0 Å². The molecule has 0 atom stereocenters. The van der Waals surface area contributed by atoms with Crippen molar-refractivity contribution in [2.75, 3.05) is 32.2 Å². The molecule has 134 valence electrons. The zero-order valence-corrected chi connectivity index (χ0v) is 15.9. The van der Waals surface area contributed by atoms with E-state index in [1.54, 1.807) is 7.11 Å². The van der Waals surface area contributed by atoms with E-state index in [-0.39, 0.29) is 5.15 Å². The van der Waals surface area contributed by atoms with Gasteiger partial charge in [0.15, 0.2) is 15.2 Å². The minimum Gasteiger partial charge on any atom is -0.497 e. The summed E-state index contributed by atoms with van der Waals surface area (Å²) in [4.78, 5) is 18.6. The van der Waals surface area contributed by atoms with Crippen LogP contribution in [0.3, 0.4) is 0 Å². The smallest absolute Gasteiger partial charge is 0.351 e. The molecular weight excluding hydrogens is 360 g/mol. The molecule has 0 bridgehead atoms. The second-order valence-electron chi connectivity index (χ2n) is 6.09. The minimum atomic E-state index is -0.429. The average Bonchev–Trinajstić information content (AvgIpc) is 3.03. The maximum absolute atomic E-state index is 11.7. The molecule has 5 nitrogen and oxygen atoms in total. The molecule has 0 amide bonds. The van der Waals surface area contributed by atoms with Crippen molar-refractivity contribution < 1.29 is 14.3 Å². The van der Waals surface area contributed by atoms with Crippen molar-refractivity contribution >= 4 is 34.0 Å². The number of nitrogens with zero attached hydrogens (tertiary/aromatic N) is 2. The lowest BCUT2D eigenvalue weighted by Crippen LogP contribution is -2.34. The van der Waals surface area contributed by atoms with Crippen LogP contribution in [0.25, 0.3) is 0 Å². The van der Waals surface area contributed by atoms with Crippen molar-refractivity contribution in [3.8, 4) is 5.75 Å². The van der Waals surface area contributed by atoms with Crippen LogP contribution in [0.5, 0.6) is 5.75 Å². The molecule has 2 heterocycles. The number of carbonyl (C=O) groups excluding carboxylic acids is 1. The van der Waals surface area contributed by atoms with E-state index >= 15 is 0 Å². The van der Waals surface area contributed by atoms with E-state index in [0.717, 1.165) is 43.2 Å². The molecule has 1 aliphatic heterocycles. The number of benzene rings is 1. The molecule has 7 heteroatoms. The number of hydrogen-bond acceptors (Lipinski definition) is 6. The molecule has 2 aromatic rings. The maximum atomic E-state index is 11.7. The topological polar surface area (TPSA) is 51.7 Å². The number of methoxy groups -OCH3 is 2. The number of ether oxygens (including phenoxy) is 2. The Balaban J connectivity index is 1.59. The highest BCUT2D eigenvalue weighted by Crippen LogP contribution is 2.33. The van der Waals surface area contributed by atoms with Gasteiger partial charge in [-0.3, -0.25) is 0 Å². The van der Waals surface area contributed by atoms with Crippen molar-refractivity contribution in [2.24, 2.45) is 5.92 Å². The van der Waals surface area contributed by atoms with Gasteiger partial charge in [-0.15, -0.1) is 0 Å². The summed E-state index contributed by atoms with van der Waals surface area (Å²) in [6.07, 6.45) is 3.22. The van der Waals surface area contributed by atoms with Gasteiger partial charge >= 0.3 is 5.97 Å². The lowest BCUT2D eigenvalue weighted by molar-refractivity contribution is 0.0606. The summed E-state index contributed by atoms with van der Waals surface area (Å²) in [5, 5.41) is 1.02. The van der Waals surface area contributed by atoms with Crippen molar-refractivity contribution in [1.82, 2.24) is 4.98 Å². The maximum Gasteiger partial charge on any atom is 0.351 e. The molecular formula is C18H21ClN2O3S. The van der Waals surface area contributed by atoms with Crippen molar-refractivity contribution in [1.29, 1.82) is 0 Å². The number of hydrogen-bond donors (Lipinski definition) is 0. The Morgan fingerprint density at radius 1 is 1.36 bits per heavy atom. The van der Waals surface area contributed by atoms with Crippen LogP contribution in [0, 0.1) is 5.92 Å². The Labute approximate surface area is 156 Å². The first-order valence-electron chi connectivity index (χ1n) is 8.23. The SMILES string of the molecule is COC(=O)c1sc(N2CCC(Cc3cccc(OC)c3)CC2)nc1Cl. The highest BCUT2D eigenvalue weighted by Gasteiger charge is 2.25. The zero-order chi connectivity index (χ0) is 17.8. The van der Waals surface area contributed by atoms with Crippen LogP contribution in [-0.4, -0.2) is 38.3 Å². The van der Waals surface area contributed by atoms with Gasteiger partial charge in [0, 0.05) is 13.1 Å². The molecule has 0 N–H and O–H groups in total. The molecule has 1 aromatic heterocycles. The average molecular weight is 381 g/mol. The summed E-state index contributed by atoms with van der Waals surface area (Å²) in [5.41, 5.74) is 1.31. The zero-order valence-electron chi connectivity index (χ0n) is 14.3. The number of piperidine rings is 1. The van der Waals surface area contributed by atoms with Crippen LogP contribution < -0.4 is 9.64 Å². The Morgan fingerprint density at radius 2 is 2.12 bits per heavy atom. The van der Waals surface area contributed by atoms with E-state index in [1.807, 2.05) is 12.1 Å². The van der Waals surface area contributed by atoms with Gasteiger partial charge in [0.25, 0.3) is 0 Å². The molecule has 0 spiro atoms. The summed E-state index contributed by atoms with van der Waals surface area (Å²) >= 11 is 7.36. The normalized spacial score (nSPS) is 15.2. The number of halogens is 1. The van der Waals surface area contributed by atoms with Gasteiger partial charge in [0.05, 0.1) is 14.2 Å². The molecule has 25 heavy (non-hydrogen) atoms. The fraction of sp³-hybridized carbons (Fsp3) is 0.444. The monoisotopic (exact) mass is 380 g/mol. The summed E-state index contributed by atoms with van der Waals surface area (Å²) in [5.74, 6) is 1.11. The fourth-order valence-corrected chi connectivity index (χ4v) is 4.36. The quantitative estimate of drug-likeness (QED) is 0.732.